The molecular formula is C20H21N3O. The molecule has 3 rings (SSSR count). The largest absolute Gasteiger partial charge is 0.492 e. The molecule has 0 aliphatic carbocycles. The van der Waals surface area contributed by atoms with Gasteiger partial charge in [0.15, 0.2) is 0 Å². The van der Waals surface area contributed by atoms with E-state index in [-0.39, 0.29) is 0 Å². The van der Waals surface area contributed by atoms with E-state index in [2.05, 4.69) is 16.0 Å². The van der Waals surface area contributed by atoms with Gasteiger partial charge < -0.3 is 4.74 Å². The van der Waals surface area contributed by atoms with Crippen molar-refractivity contribution in [3.05, 3.63) is 59.9 Å². The molecule has 0 radical (unpaired) electrons. The minimum atomic E-state index is 0.554. The zero-order chi connectivity index (χ0) is 16.6. The molecule has 24 heavy (non-hydrogen) atoms. The Morgan fingerprint density at radius 1 is 1.17 bits per heavy atom. The van der Waals surface area contributed by atoms with Crippen LogP contribution in [0.25, 0.3) is 11.6 Å². The molecule has 0 bridgehead atoms. The fraction of sp³-hybridized carbons (Fsp3) is 0.300. The van der Waals surface area contributed by atoms with Gasteiger partial charge in [-0.15, -0.1) is 0 Å². The van der Waals surface area contributed by atoms with Gasteiger partial charge in [0.25, 0.3) is 0 Å². The van der Waals surface area contributed by atoms with Crippen LogP contribution in [0.2, 0.25) is 0 Å². The highest BCUT2D eigenvalue weighted by Crippen LogP contribution is 2.18. The summed E-state index contributed by atoms with van der Waals surface area (Å²) in [4.78, 5) is 6.66. The van der Waals surface area contributed by atoms with Gasteiger partial charge in [-0.25, -0.2) is 0 Å². The lowest BCUT2D eigenvalue weighted by Gasteiger charge is -2.14. The van der Waals surface area contributed by atoms with Crippen molar-refractivity contribution < 1.29 is 4.74 Å². The molecule has 1 aliphatic heterocycles. The molecule has 2 heterocycles. The van der Waals surface area contributed by atoms with Crippen LogP contribution in [-0.4, -0.2) is 36.1 Å². The first kappa shape index (κ1) is 16.2. The number of likely N-dealkylation sites (tertiary alicyclic amines) is 1. The van der Waals surface area contributed by atoms with Crippen molar-refractivity contribution in [3.63, 3.8) is 0 Å². The fourth-order valence-electron chi connectivity index (χ4n) is 2.81. The van der Waals surface area contributed by atoms with Crippen LogP contribution in [0, 0.1) is 11.3 Å². The van der Waals surface area contributed by atoms with Crippen molar-refractivity contribution in [3.8, 4) is 11.8 Å². The Labute approximate surface area is 143 Å². The molecule has 1 aliphatic rings. The predicted octanol–water partition coefficient (Wildman–Crippen LogP) is 3.62. The lowest BCUT2D eigenvalue weighted by Crippen LogP contribution is -2.25. The summed E-state index contributed by atoms with van der Waals surface area (Å²) in [6, 6.07) is 15.6. The van der Waals surface area contributed by atoms with Crippen molar-refractivity contribution in [2.24, 2.45) is 0 Å². The van der Waals surface area contributed by atoms with E-state index in [4.69, 9.17) is 4.74 Å². The summed E-state index contributed by atoms with van der Waals surface area (Å²) in [5.41, 5.74) is 2.20. The van der Waals surface area contributed by atoms with Gasteiger partial charge in [0, 0.05) is 12.7 Å². The van der Waals surface area contributed by atoms with Gasteiger partial charge >= 0.3 is 0 Å². The van der Waals surface area contributed by atoms with E-state index in [1.165, 1.54) is 25.9 Å². The Bertz CT molecular complexity index is 711. The zero-order valence-corrected chi connectivity index (χ0v) is 13.7. The van der Waals surface area contributed by atoms with Gasteiger partial charge in [-0.05, 0) is 61.8 Å². The predicted molar refractivity (Wildman–Crippen MR) is 95.3 cm³/mol. The molecule has 1 fully saturated rings. The van der Waals surface area contributed by atoms with Gasteiger partial charge in [-0.2, -0.15) is 5.26 Å². The monoisotopic (exact) mass is 319 g/mol. The number of benzene rings is 1. The lowest BCUT2D eigenvalue weighted by atomic mass is 10.1. The summed E-state index contributed by atoms with van der Waals surface area (Å²) in [7, 11) is 0. The second kappa shape index (κ2) is 8.28. The molecule has 0 atom stereocenters. The van der Waals surface area contributed by atoms with Crippen LogP contribution in [0.3, 0.4) is 0 Å². The van der Waals surface area contributed by atoms with Crippen LogP contribution < -0.4 is 4.74 Å². The third-order valence-corrected chi connectivity index (χ3v) is 4.13. The molecule has 4 nitrogen and oxygen atoms in total. The Morgan fingerprint density at radius 2 is 1.96 bits per heavy atom. The molecule has 0 unspecified atom stereocenters. The average Bonchev–Trinajstić information content (AvgIpc) is 3.15. The van der Waals surface area contributed by atoms with E-state index in [1.807, 2.05) is 48.5 Å². The van der Waals surface area contributed by atoms with Crippen molar-refractivity contribution >= 4 is 11.6 Å². The summed E-state index contributed by atoms with van der Waals surface area (Å²) in [6.45, 7) is 4.08. The number of rotatable bonds is 6. The van der Waals surface area contributed by atoms with Crippen LogP contribution in [0.5, 0.6) is 5.75 Å². The molecule has 4 heteroatoms. The quantitative estimate of drug-likeness (QED) is 0.763. The van der Waals surface area contributed by atoms with E-state index in [0.717, 1.165) is 17.9 Å². The normalized spacial score (nSPS) is 15.2. The first-order valence-corrected chi connectivity index (χ1v) is 8.33. The topological polar surface area (TPSA) is 49.1 Å². The van der Waals surface area contributed by atoms with Gasteiger partial charge in [-0.1, -0.05) is 18.2 Å². The fourth-order valence-corrected chi connectivity index (χ4v) is 2.81. The summed E-state index contributed by atoms with van der Waals surface area (Å²) in [5, 5.41) is 9.33. The smallest absolute Gasteiger partial charge is 0.119 e. The maximum atomic E-state index is 9.33. The highest BCUT2D eigenvalue weighted by Gasteiger charge is 2.10. The summed E-state index contributed by atoms with van der Waals surface area (Å²) < 4.78 is 5.80. The molecule has 0 saturated carbocycles. The third-order valence-electron chi connectivity index (χ3n) is 4.13. The first-order chi connectivity index (χ1) is 11.8. The van der Waals surface area contributed by atoms with Gasteiger partial charge in [0.2, 0.25) is 0 Å². The van der Waals surface area contributed by atoms with E-state index < -0.39 is 0 Å². The molecule has 2 aromatic rings. The zero-order valence-electron chi connectivity index (χ0n) is 13.7. The number of nitrogens with zero attached hydrogens (tertiary/aromatic N) is 3. The van der Waals surface area contributed by atoms with Crippen LogP contribution in [-0.2, 0) is 0 Å². The Kier molecular flexibility index (Phi) is 5.60. The number of pyridine rings is 1. The Morgan fingerprint density at radius 3 is 2.62 bits per heavy atom. The van der Waals surface area contributed by atoms with E-state index in [1.54, 1.807) is 6.20 Å². The molecule has 0 N–H and O–H groups in total. The summed E-state index contributed by atoms with van der Waals surface area (Å²) in [6.07, 6.45) is 6.14. The van der Waals surface area contributed by atoms with Crippen LogP contribution in [0.1, 0.15) is 24.1 Å². The highest BCUT2D eigenvalue weighted by atomic mass is 16.5. The average molecular weight is 319 g/mol. The minimum Gasteiger partial charge on any atom is -0.492 e. The molecular weight excluding hydrogens is 298 g/mol. The van der Waals surface area contributed by atoms with Gasteiger partial charge in [0.1, 0.15) is 18.4 Å². The number of allylic oxidation sites excluding steroid dienone is 1. The summed E-state index contributed by atoms with van der Waals surface area (Å²) >= 11 is 0. The molecule has 0 spiro atoms. The highest BCUT2D eigenvalue weighted by molar-refractivity contribution is 5.88. The van der Waals surface area contributed by atoms with Gasteiger partial charge in [0.05, 0.1) is 11.3 Å². The van der Waals surface area contributed by atoms with Crippen molar-refractivity contribution in [2.45, 2.75) is 12.8 Å². The molecule has 1 saturated heterocycles. The Balaban J connectivity index is 1.59. The van der Waals surface area contributed by atoms with Gasteiger partial charge in [-0.3, -0.25) is 9.88 Å². The number of hydrogen-bond donors (Lipinski definition) is 0. The Hall–Kier alpha value is -2.64. The van der Waals surface area contributed by atoms with Crippen molar-refractivity contribution in [1.29, 1.82) is 5.26 Å². The van der Waals surface area contributed by atoms with Crippen LogP contribution in [0.15, 0.2) is 48.7 Å². The molecule has 1 aromatic heterocycles. The minimum absolute atomic E-state index is 0.554. The van der Waals surface area contributed by atoms with Crippen molar-refractivity contribution in [1.82, 2.24) is 9.88 Å². The maximum absolute atomic E-state index is 9.33. The van der Waals surface area contributed by atoms with E-state index in [9.17, 15) is 5.26 Å². The lowest BCUT2D eigenvalue weighted by molar-refractivity contribution is 0.238. The number of aromatic nitrogens is 1. The number of nitriles is 1. The number of hydrogen-bond acceptors (Lipinski definition) is 4. The molecule has 122 valence electrons. The number of ether oxygens (including phenoxy) is 1. The first-order valence-electron chi connectivity index (χ1n) is 8.33. The standard InChI is InChI=1S/C20H21N3O/c21-16-18(20-5-1-2-10-22-20)15-17-6-8-19(9-7-17)24-14-13-23-11-3-4-12-23/h1-2,5-10,15H,3-4,11-14H2/b18-15-. The SMILES string of the molecule is N#C/C(=C/c1ccc(OCCN2CCCC2)cc1)c1ccccn1. The second-order valence-electron chi connectivity index (χ2n) is 5.85. The van der Waals surface area contributed by atoms with E-state index in [0.29, 0.717) is 17.9 Å². The second-order valence-corrected chi connectivity index (χ2v) is 5.85. The van der Waals surface area contributed by atoms with E-state index >= 15 is 0 Å². The van der Waals surface area contributed by atoms with Crippen molar-refractivity contribution in [2.75, 3.05) is 26.2 Å². The summed E-state index contributed by atoms with van der Waals surface area (Å²) in [5.74, 6) is 0.864. The maximum Gasteiger partial charge on any atom is 0.119 e. The molecule has 1 aromatic carbocycles. The molecule has 0 amide bonds. The van der Waals surface area contributed by atoms with Crippen LogP contribution >= 0.6 is 0 Å². The van der Waals surface area contributed by atoms with Crippen LogP contribution in [0.4, 0.5) is 0 Å². The third kappa shape index (κ3) is 4.43.